The van der Waals surface area contributed by atoms with Gasteiger partial charge in [0.2, 0.25) is 0 Å². The van der Waals surface area contributed by atoms with Gasteiger partial charge in [-0.25, -0.2) is 14.4 Å². The third-order valence-corrected chi connectivity index (χ3v) is 6.50. The molecular weight excluding hydrogens is 534 g/mol. The molecule has 5 nitrogen and oxygen atoms in total. The molecule has 0 unspecified atom stereocenters. The molecule has 9 heteroatoms. The summed E-state index contributed by atoms with van der Waals surface area (Å²) in [4.78, 5) is 16.3. The Bertz CT molecular complexity index is 1580. The van der Waals surface area contributed by atoms with Gasteiger partial charge < -0.3 is 9.64 Å². The molecule has 0 fully saturated rings. The van der Waals surface area contributed by atoms with Crippen LogP contribution < -0.4 is 9.64 Å². The van der Waals surface area contributed by atoms with Crippen molar-refractivity contribution in [1.29, 1.82) is 0 Å². The Kier molecular flexibility index (Phi) is 7.83. The molecule has 0 spiro atoms. The van der Waals surface area contributed by atoms with E-state index in [1.54, 1.807) is 18.5 Å². The van der Waals surface area contributed by atoms with Crippen molar-refractivity contribution in [2.24, 2.45) is 0 Å². The van der Waals surface area contributed by atoms with Gasteiger partial charge in [0.05, 0.1) is 12.6 Å². The molecule has 0 saturated carbocycles. The van der Waals surface area contributed by atoms with Gasteiger partial charge in [0.25, 0.3) is 0 Å². The molecule has 0 aliphatic carbocycles. The lowest BCUT2D eigenvalue weighted by Crippen LogP contribution is -2.16. The van der Waals surface area contributed by atoms with Crippen molar-refractivity contribution >= 4 is 58.8 Å². The molecule has 3 heterocycles. The number of fused-ring (bicyclic) bond motifs is 2. The number of hydrogen-bond acceptors (Lipinski definition) is 5. The van der Waals surface area contributed by atoms with Gasteiger partial charge in [-0.15, -0.1) is 24.8 Å². The molecule has 0 amide bonds. The highest BCUT2D eigenvalue weighted by atomic mass is 35.5. The number of rotatable bonds is 4. The number of pyridine rings is 1. The van der Waals surface area contributed by atoms with Crippen LogP contribution in [0.15, 0.2) is 79.1 Å². The van der Waals surface area contributed by atoms with Gasteiger partial charge in [-0.05, 0) is 72.1 Å². The molecule has 6 rings (SSSR count). The first-order chi connectivity index (χ1) is 17.1. The van der Waals surface area contributed by atoms with Gasteiger partial charge in [0, 0.05) is 52.2 Å². The van der Waals surface area contributed by atoms with Crippen LogP contribution in [0.4, 0.5) is 15.9 Å². The van der Waals surface area contributed by atoms with E-state index in [2.05, 4.69) is 9.88 Å². The van der Waals surface area contributed by atoms with Crippen molar-refractivity contribution in [3.63, 3.8) is 0 Å². The van der Waals surface area contributed by atoms with E-state index in [1.807, 2.05) is 48.5 Å². The SMILES string of the molecule is COc1cc(F)ccc1-c1ccc2c(N3CCc4cc(Cl)ccc43)nc(-c3cccnc3)nc2c1.Cl.Cl. The van der Waals surface area contributed by atoms with E-state index in [0.717, 1.165) is 57.1 Å². The molecule has 5 aromatic rings. The average Bonchev–Trinajstić information content (AvgIpc) is 3.31. The van der Waals surface area contributed by atoms with Gasteiger partial charge in [-0.3, -0.25) is 4.98 Å². The summed E-state index contributed by atoms with van der Waals surface area (Å²) in [6.45, 7) is 0.793. The quantitative estimate of drug-likeness (QED) is 0.227. The van der Waals surface area contributed by atoms with Gasteiger partial charge in [0.15, 0.2) is 5.82 Å². The first-order valence-electron chi connectivity index (χ1n) is 11.2. The highest BCUT2D eigenvalue weighted by molar-refractivity contribution is 6.30. The van der Waals surface area contributed by atoms with Crippen LogP contribution in [-0.2, 0) is 6.42 Å². The Morgan fingerprint density at radius 1 is 0.946 bits per heavy atom. The summed E-state index contributed by atoms with van der Waals surface area (Å²) in [5.74, 6) is 1.54. The Balaban J connectivity index is 0.00000160. The van der Waals surface area contributed by atoms with Crippen LogP contribution in [0.5, 0.6) is 5.75 Å². The molecule has 0 atom stereocenters. The standard InChI is InChI=1S/C28H20ClFN4O.2ClH/c1-35-26-15-21(30)6-8-22(26)17-4-7-23-24(14-17)32-27(19-3-2-11-31-16-19)33-28(23)34-12-10-18-13-20(29)5-9-25(18)34;;/h2-9,11,13-16H,10,12H2,1H3;2*1H. The lowest BCUT2D eigenvalue weighted by molar-refractivity contribution is 0.413. The number of anilines is 2. The molecule has 1 aliphatic rings. The zero-order valence-electron chi connectivity index (χ0n) is 19.7. The molecule has 188 valence electrons. The van der Waals surface area contributed by atoms with Crippen LogP contribution in [0.1, 0.15) is 5.56 Å². The summed E-state index contributed by atoms with van der Waals surface area (Å²) >= 11 is 6.24. The Morgan fingerprint density at radius 2 is 1.81 bits per heavy atom. The molecule has 1 aliphatic heterocycles. The van der Waals surface area contributed by atoms with Crippen LogP contribution in [0, 0.1) is 5.82 Å². The van der Waals surface area contributed by atoms with E-state index in [0.29, 0.717) is 11.6 Å². The second-order valence-electron chi connectivity index (χ2n) is 8.36. The fraction of sp³-hybridized carbons (Fsp3) is 0.107. The monoisotopic (exact) mass is 554 g/mol. The first-order valence-corrected chi connectivity index (χ1v) is 11.6. The zero-order chi connectivity index (χ0) is 23.9. The topological polar surface area (TPSA) is 51.1 Å². The number of halogens is 4. The summed E-state index contributed by atoms with van der Waals surface area (Å²) in [5.41, 5.74) is 5.57. The number of nitrogens with zero attached hydrogens (tertiary/aromatic N) is 4. The van der Waals surface area contributed by atoms with Crippen molar-refractivity contribution in [3.05, 3.63) is 95.5 Å². The molecule has 0 saturated heterocycles. The maximum atomic E-state index is 13.8. The van der Waals surface area contributed by atoms with Crippen molar-refractivity contribution in [2.45, 2.75) is 6.42 Å². The second kappa shape index (κ2) is 10.9. The smallest absolute Gasteiger partial charge is 0.163 e. The summed E-state index contributed by atoms with van der Waals surface area (Å²) in [6.07, 6.45) is 4.37. The summed E-state index contributed by atoms with van der Waals surface area (Å²) < 4.78 is 19.2. The van der Waals surface area contributed by atoms with Crippen LogP contribution >= 0.6 is 36.4 Å². The van der Waals surface area contributed by atoms with Crippen molar-refractivity contribution in [2.75, 3.05) is 18.6 Å². The van der Waals surface area contributed by atoms with E-state index in [-0.39, 0.29) is 30.6 Å². The molecule has 0 radical (unpaired) electrons. The van der Waals surface area contributed by atoms with Crippen molar-refractivity contribution < 1.29 is 9.13 Å². The zero-order valence-corrected chi connectivity index (χ0v) is 22.1. The van der Waals surface area contributed by atoms with Crippen LogP contribution in [-0.4, -0.2) is 28.6 Å². The molecule has 37 heavy (non-hydrogen) atoms. The van der Waals surface area contributed by atoms with Crippen molar-refractivity contribution in [1.82, 2.24) is 15.0 Å². The minimum atomic E-state index is -0.345. The maximum absolute atomic E-state index is 13.8. The van der Waals surface area contributed by atoms with E-state index < -0.39 is 0 Å². The number of methoxy groups -OCH3 is 1. The Labute approximate surface area is 231 Å². The molecular formula is C28H22Cl3FN4O. The highest BCUT2D eigenvalue weighted by Crippen LogP contribution is 2.40. The van der Waals surface area contributed by atoms with Gasteiger partial charge >= 0.3 is 0 Å². The van der Waals surface area contributed by atoms with E-state index in [9.17, 15) is 4.39 Å². The lowest BCUT2D eigenvalue weighted by atomic mass is 10.0. The Hall–Kier alpha value is -3.45. The van der Waals surface area contributed by atoms with Crippen LogP contribution in [0.25, 0.3) is 33.4 Å². The highest BCUT2D eigenvalue weighted by Gasteiger charge is 2.25. The van der Waals surface area contributed by atoms with Crippen LogP contribution in [0.3, 0.4) is 0 Å². The molecule has 2 aromatic heterocycles. The summed E-state index contributed by atoms with van der Waals surface area (Å²) in [7, 11) is 1.54. The largest absolute Gasteiger partial charge is 0.496 e. The number of aromatic nitrogens is 3. The minimum absolute atomic E-state index is 0. The van der Waals surface area contributed by atoms with Gasteiger partial charge in [0.1, 0.15) is 17.4 Å². The van der Waals surface area contributed by atoms with E-state index in [1.165, 1.54) is 24.8 Å². The minimum Gasteiger partial charge on any atom is -0.496 e. The number of ether oxygens (including phenoxy) is 1. The van der Waals surface area contributed by atoms with Crippen LogP contribution in [0.2, 0.25) is 5.02 Å². The van der Waals surface area contributed by atoms with E-state index in [4.69, 9.17) is 26.3 Å². The third-order valence-electron chi connectivity index (χ3n) is 6.26. The predicted octanol–water partition coefficient (Wildman–Crippen LogP) is 7.70. The normalized spacial score (nSPS) is 12.0. The summed E-state index contributed by atoms with van der Waals surface area (Å²) in [5, 5.41) is 1.65. The number of hydrogen-bond donors (Lipinski definition) is 0. The average molecular weight is 556 g/mol. The van der Waals surface area contributed by atoms with Crippen molar-refractivity contribution in [3.8, 4) is 28.3 Å². The molecule has 3 aromatic carbocycles. The summed E-state index contributed by atoms with van der Waals surface area (Å²) in [6, 6.07) is 20.3. The third kappa shape index (κ3) is 4.92. The van der Waals surface area contributed by atoms with Gasteiger partial charge in [-0.1, -0.05) is 17.7 Å². The Morgan fingerprint density at radius 3 is 2.59 bits per heavy atom. The second-order valence-corrected chi connectivity index (χ2v) is 8.80. The first kappa shape index (κ1) is 26.6. The fourth-order valence-corrected chi connectivity index (χ4v) is 4.80. The fourth-order valence-electron chi connectivity index (χ4n) is 4.60. The van der Waals surface area contributed by atoms with Gasteiger partial charge in [-0.2, -0.15) is 0 Å². The molecule has 0 N–H and O–H groups in total. The lowest BCUT2D eigenvalue weighted by Gasteiger charge is -2.21. The predicted molar refractivity (Wildman–Crippen MR) is 151 cm³/mol. The van der Waals surface area contributed by atoms with E-state index >= 15 is 0 Å². The maximum Gasteiger partial charge on any atom is 0.163 e. The number of benzene rings is 3. The molecule has 0 bridgehead atoms.